The van der Waals surface area contributed by atoms with Crippen molar-refractivity contribution in [3.05, 3.63) is 52.2 Å². The first kappa shape index (κ1) is 19.4. The average molecular weight is 412 g/mol. The summed E-state index contributed by atoms with van der Waals surface area (Å²) in [7, 11) is 0. The highest BCUT2D eigenvalue weighted by Gasteiger charge is 2.21. The highest BCUT2D eigenvalue weighted by Crippen LogP contribution is 2.39. The summed E-state index contributed by atoms with van der Waals surface area (Å²) in [6.45, 7) is 4.72. The Hall–Kier alpha value is -1.92. The van der Waals surface area contributed by atoms with Crippen molar-refractivity contribution >= 4 is 39.2 Å². The summed E-state index contributed by atoms with van der Waals surface area (Å²) in [4.78, 5) is 24.3. The number of carbonyl (C=O) groups excluding carboxylic acids is 1. The van der Waals surface area contributed by atoms with E-state index in [1.807, 2.05) is 36.5 Å². The molecule has 1 amide bonds. The first-order valence-corrected chi connectivity index (χ1v) is 11.7. The monoisotopic (exact) mass is 411 g/mol. The molecule has 1 aliphatic rings. The number of thioether (sulfide) groups is 1. The van der Waals surface area contributed by atoms with E-state index >= 15 is 0 Å². The van der Waals surface area contributed by atoms with Gasteiger partial charge in [-0.15, -0.1) is 11.3 Å². The minimum absolute atomic E-state index is 0.0568. The molecule has 2 aromatic heterocycles. The minimum atomic E-state index is 0.0568. The molecule has 0 bridgehead atoms. The van der Waals surface area contributed by atoms with Crippen molar-refractivity contribution in [2.24, 2.45) is 0 Å². The minimum Gasteiger partial charge on any atom is -0.355 e. The summed E-state index contributed by atoms with van der Waals surface area (Å²) >= 11 is 3.35. The van der Waals surface area contributed by atoms with Gasteiger partial charge in [-0.1, -0.05) is 49.0 Å². The Morgan fingerprint density at radius 1 is 1.21 bits per heavy atom. The zero-order valence-corrected chi connectivity index (χ0v) is 18.0. The zero-order valence-electron chi connectivity index (χ0n) is 16.3. The van der Waals surface area contributed by atoms with E-state index in [1.165, 1.54) is 34.2 Å². The van der Waals surface area contributed by atoms with Gasteiger partial charge in [-0.3, -0.25) is 4.79 Å². The number of benzene rings is 1. The Morgan fingerprint density at radius 3 is 2.82 bits per heavy atom. The maximum atomic E-state index is 12.4. The lowest BCUT2D eigenvalue weighted by Crippen LogP contribution is -2.29. The molecule has 1 aliphatic carbocycles. The normalized spacial score (nSPS) is 14.6. The molecule has 0 unspecified atom stereocenters. The molecule has 6 heteroatoms. The third-order valence-corrected chi connectivity index (χ3v) is 7.37. The van der Waals surface area contributed by atoms with E-state index < -0.39 is 0 Å². The van der Waals surface area contributed by atoms with Gasteiger partial charge >= 0.3 is 0 Å². The lowest BCUT2D eigenvalue weighted by molar-refractivity contribution is -0.118. The van der Waals surface area contributed by atoms with E-state index in [-0.39, 0.29) is 5.91 Å². The van der Waals surface area contributed by atoms with Crippen molar-refractivity contribution in [2.75, 3.05) is 12.3 Å². The van der Waals surface area contributed by atoms with Crippen LogP contribution in [0.1, 0.15) is 47.5 Å². The maximum absolute atomic E-state index is 12.4. The molecule has 0 saturated carbocycles. The summed E-state index contributed by atoms with van der Waals surface area (Å²) in [6, 6.07) is 10.3. The molecular weight excluding hydrogens is 386 g/mol. The zero-order chi connectivity index (χ0) is 19.5. The fourth-order valence-corrected chi connectivity index (χ4v) is 5.98. The number of nitrogens with one attached hydrogen (secondary N) is 1. The van der Waals surface area contributed by atoms with Crippen LogP contribution in [0.5, 0.6) is 0 Å². The van der Waals surface area contributed by atoms with Crippen molar-refractivity contribution in [1.29, 1.82) is 0 Å². The number of nitrogens with zero attached hydrogens (tertiary/aromatic N) is 2. The number of fused-ring (bicyclic) bond motifs is 3. The van der Waals surface area contributed by atoms with Crippen molar-refractivity contribution in [3.63, 3.8) is 0 Å². The molecular formula is C22H25N3OS2. The molecule has 0 saturated heterocycles. The number of carbonyl (C=O) groups is 1. The second-order valence-electron chi connectivity index (χ2n) is 7.37. The second kappa shape index (κ2) is 8.62. The Kier molecular flexibility index (Phi) is 5.97. The summed E-state index contributed by atoms with van der Waals surface area (Å²) in [6.07, 6.45) is 4.75. The Bertz CT molecular complexity index is 984. The van der Waals surface area contributed by atoms with Gasteiger partial charge in [-0.05, 0) is 49.7 Å². The van der Waals surface area contributed by atoms with Crippen molar-refractivity contribution in [2.45, 2.75) is 50.5 Å². The number of aryl methyl sites for hydroxylation is 3. The number of hydrogen-bond donors (Lipinski definition) is 1. The summed E-state index contributed by atoms with van der Waals surface area (Å²) < 4.78 is 0. The largest absolute Gasteiger partial charge is 0.355 e. The van der Waals surface area contributed by atoms with Crippen LogP contribution >= 0.6 is 23.1 Å². The van der Waals surface area contributed by atoms with E-state index in [9.17, 15) is 4.79 Å². The van der Waals surface area contributed by atoms with E-state index in [4.69, 9.17) is 0 Å². The maximum Gasteiger partial charge on any atom is 0.230 e. The number of amides is 1. The first-order valence-electron chi connectivity index (χ1n) is 9.85. The molecule has 28 heavy (non-hydrogen) atoms. The molecule has 4 rings (SSSR count). The van der Waals surface area contributed by atoms with Gasteiger partial charge in [0.1, 0.15) is 15.7 Å². The van der Waals surface area contributed by atoms with Crippen LogP contribution in [0.4, 0.5) is 0 Å². The lowest BCUT2D eigenvalue weighted by atomic mass is 9.97. The topological polar surface area (TPSA) is 54.9 Å². The highest BCUT2D eigenvalue weighted by atomic mass is 32.2. The summed E-state index contributed by atoms with van der Waals surface area (Å²) in [5.41, 5.74) is 2.67. The number of rotatable bonds is 6. The SMILES string of the molecule is Cc1nc(SCC(=O)NC[C@H](C)c2ccccc2)c2c3c(sc2n1)CCCC3. The average Bonchev–Trinajstić information content (AvgIpc) is 3.09. The standard InChI is InChI=1S/C22H25N3OS2/c1-14(16-8-4-3-5-9-16)12-23-19(26)13-27-21-20-17-10-6-7-11-18(17)28-22(20)25-15(2)24-21/h3-5,8-9,14H,6-7,10-13H2,1-2H3,(H,23,26)/t14-/m0/s1. The van der Waals surface area contributed by atoms with Gasteiger partial charge in [0.25, 0.3) is 0 Å². The molecule has 0 aliphatic heterocycles. The van der Waals surface area contributed by atoms with E-state index in [2.05, 4.69) is 34.3 Å². The van der Waals surface area contributed by atoms with Crippen molar-refractivity contribution in [1.82, 2.24) is 15.3 Å². The van der Waals surface area contributed by atoms with E-state index in [0.717, 1.165) is 28.5 Å². The predicted octanol–water partition coefficient (Wildman–Crippen LogP) is 4.89. The van der Waals surface area contributed by atoms with Crippen LogP contribution in [0.2, 0.25) is 0 Å². The van der Waals surface area contributed by atoms with Crippen LogP contribution < -0.4 is 5.32 Å². The van der Waals surface area contributed by atoms with Crippen LogP contribution in [-0.4, -0.2) is 28.2 Å². The first-order chi connectivity index (χ1) is 13.6. The summed E-state index contributed by atoms with van der Waals surface area (Å²) in [5.74, 6) is 1.53. The molecule has 0 fully saturated rings. The van der Waals surface area contributed by atoms with Gasteiger partial charge in [0.05, 0.1) is 5.75 Å². The fraction of sp³-hybridized carbons (Fsp3) is 0.409. The Morgan fingerprint density at radius 2 is 2.00 bits per heavy atom. The van der Waals surface area contributed by atoms with Crippen LogP contribution in [0.15, 0.2) is 35.4 Å². The number of aromatic nitrogens is 2. The van der Waals surface area contributed by atoms with Crippen LogP contribution in [0.3, 0.4) is 0 Å². The van der Waals surface area contributed by atoms with Crippen LogP contribution in [-0.2, 0) is 17.6 Å². The molecule has 4 nitrogen and oxygen atoms in total. The molecule has 3 aromatic rings. The molecule has 2 heterocycles. The second-order valence-corrected chi connectivity index (χ2v) is 9.42. The Labute approximate surface area is 174 Å². The summed E-state index contributed by atoms with van der Waals surface area (Å²) in [5, 5.41) is 5.23. The highest BCUT2D eigenvalue weighted by molar-refractivity contribution is 8.00. The van der Waals surface area contributed by atoms with Gasteiger partial charge in [0.2, 0.25) is 5.91 Å². The number of hydrogen-bond acceptors (Lipinski definition) is 5. The van der Waals surface area contributed by atoms with E-state index in [0.29, 0.717) is 18.2 Å². The Balaban J connectivity index is 1.42. The van der Waals surface area contributed by atoms with Crippen LogP contribution in [0.25, 0.3) is 10.2 Å². The van der Waals surface area contributed by atoms with Gasteiger partial charge in [0, 0.05) is 16.8 Å². The predicted molar refractivity (Wildman–Crippen MR) is 117 cm³/mol. The third-order valence-electron chi connectivity index (χ3n) is 5.21. The van der Waals surface area contributed by atoms with Gasteiger partial charge in [-0.2, -0.15) is 0 Å². The van der Waals surface area contributed by atoms with Gasteiger partial charge < -0.3 is 5.32 Å². The third kappa shape index (κ3) is 4.23. The molecule has 0 radical (unpaired) electrons. The van der Waals surface area contributed by atoms with Gasteiger partial charge in [0.15, 0.2) is 0 Å². The van der Waals surface area contributed by atoms with Crippen LogP contribution in [0, 0.1) is 6.92 Å². The van der Waals surface area contributed by atoms with Crippen molar-refractivity contribution < 1.29 is 4.79 Å². The lowest BCUT2D eigenvalue weighted by Gasteiger charge is -2.13. The fourth-order valence-electron chi connectivity index (χ4n) is 3.68. The molecule has 1 N–H and O–H groups in total. The van der Waals surface area contributed by atoms with Gasteiger partial charge in [-0.25, -0.2) is 9.97 Å². The number of thiophene rings is 1. The quantitative estimate of drug-likeness (QED) is 0.463. The molecule has 1 aromatic carbocycles. The molecule has 1 atom stereocenters. The van der Waals surface area contributed by atoms with E-state index in [1.54, 1.807) is 11.8 Å². The van der Waals surface area contributed by atoms with Crippen molar-refractivity contribution in [3.8, 4) is 0 Å². The molecule has 0 spiro atoms. The molecule has 146 valence electrons. The smallest absolute Gasteiger partial charge is 0.230 e.